The van der Waals surface area contributed by atoms with E-state index in [0.717, 1.165) is 38.3 Å². The lowest BCUT2D eigenvalue weighted by molar-refractivity contribution is 0.00928. The minimum Gasteiger partial charge on any atom is -0.379 e. The maximum Gasteiger partial charge on any atom is 0.0594 e. The zero-order valence-electron chi connectivity index (χ0n) is 8.46. The maximum absolute atomic E-state index is 5.36. The average molecular weight is 184 g/mol. The number of rotatable bonds is 2. The molecule has 3 heteroatoms. The molecule has 0 aromatic heterocycles. The summed E-state index contributed by atoms with van der Waals surface area (Å²) in [4.78, 5) is 2.57. The quantitative estimate of drug-likeness (QED) is 0.669. The van der Waals surface area contributed by atoms with E-state index in [1.807, 2.05) is 0 Å². The third-order valence-electron chi connectivity index (χ3n) is 3.40. The van der Waals surface area contributed by atoms with Crippen LogP contribution in [0.25, 0.3) is 0 Å². The molecular formula is C10H20N2O. The first-order valence-electron chi connectivity index (χ1n) is 5.40. The lowest BCUT2D eigenvalue weighted by Crippen LogP contribution is -2.45. The van der Waals surface area contributed by atoms with Gasteiger partial charge in [-0.2, -0.15) is 0 Å². The maximum atomic E-state index is 5.36. The van der Waals surface area contributed by atoms with Crippen LogP contribution in [-0.2, 0) is 4.74 Å². The highest BCUT2D eigenvalue weighted by Gasteiger charge is 2.26. The van der Waals surface area contributed by atoms with E-state index in [2.05, 4.69) is 17.1 Å². The predicted octanol–water partition coefficient (Wildman–Crippen LogP) is 0.317. The lowest BCUT2D eigenvalue weighted by Gasteiger charge is -2.35. The van der Waals surface area contributed by atoms with E-state index in [0.29, 0.717) is 0 Å². The molecule has 2 saturated heterocycles. The minimum atomic E-state index is 0.735. The van der Waals surface area contributed by atoms with Crippen LogP contribution < -0.4 is 5.32 Å². The Morgan fingerprint density at radius 1 is 1.38 bits per heavy atom. The van der Waals surface area contributed by atoms with E-state index in [-0.39, 0.29) is 0 Å². The van der Waals surface area contributed by atoms with Crippen LogP contribution in [0.1, 0.15) is 13.3 Å². The van der Waals surface area contributed by atoms with E-state index < -0.39 is 0 Å². The molecule has 0 amide bonds. The van der Waals surface area contributed by atoms with Crippen LogP contribution in [0, 0.1) is 5.92 Å². The molecule has 13 heavy (non-hydrogen) atoms. The second-order valence-corrected chi connectivity index (χ2v) is 4.14. The summed E-state index contributed by atoms with van der Waals surface area (Å²) in [5, 5.41) is 3.43. The summed E-state index contributed by atoms with van der Waals surface area (Å²) in [6.45, 7) is 8.87. The van der Waals surface area contributed by atoms with Gasteiger partial charge in [-0.25, -0.2) is 0 Å². The zero-order valence-corrected chi connectivity index (χ0v) is 8.46. The highest BCUT2D eigenvalue weighted by Crippen LogP contribution is 2.18. The standard InChI is InChI=1S/C10H20N2O/c1-9(10-2-3-11-8-10)12-4-6-13-7-5-12/h9-11H,2-8H2,1H3/t9-,10+/m1/s1. The molecule has 2 aliphatic heterocycles. The molecule has 0 aromatic rings. The topological polar surface area (TPSA) is 24.5 Å². The molecule has 0 bridgehead atoms. The zero-order chi connectivity index (χ0) is 9.10. The highest BCUT2D eigenvalue weighted by atomic mass is 16.5. The lowest BCUT2D eigenvalue weighted by atomic mass is 9.99. The summed E-state index contributed by atoms with van der Waals surface area (Å²) in [5.74, 6) is 0.859. The van der Waals surface area contributed by atoms with Crippen LogP contribution in [0.5, 0.6) is 0 Å². The monoisotopic (exact) mass is 184 g/mol. The third kappa shape index (κ3) is 2.22. The van der Waals surface area contributed by atoms with Crippen molar-refractivity contribution < 1.29 is 4.74 Å². The second kappa shape index (κ2) is 4.40. The number of hydrogen-bond acceptors (Lipinski definition) is 3. The molecule has 0 aliphatic carbocycles. The Morgan fingerprint density at radius 3 is 2.77 bits per heavy atom. The normalized spacial score (nSPS) is 33.5. The summed E-state index contributed by atoms with van der Waals surface area (Å²) in [6, 6.07) is 0.735. The van der Waals surface area contributed by atoms with Crippen molar-refractivity contribution in [3.63, 3.8) is 0 Å². The fraction of sp³-hybridized carbons (Fsp3) is 1.00. The van der Waals surface area contributed by atoms with Gasteiger partial charge in [0.15, 0.2) is 0 Å². The van der Waals surface area contributed by atoms with Gasteiger partial charge in [-0.3, -0.25) is 4.90 Å². The molecule has 0 radical (unpaired) electrons. The molecule has 2 atom stereocenters. The fourth-order valence-electron chi connectivity index (χ4n) is 2.37. The van der Waals surface area contributed by atoms with Crippen LogP contribution in [0.4, 0.5) is 0 Å². The molecule has 3 nitrogen and oxygen atoms in total. The minimum absolute atomic E-state index is 0.735. The van der Waals surface area contributed by atoms with Gasteiger partial charge >= 0.3 is 0 Å². The van der Waals surface area contributed by atoms with Crippen molar-refractivity contribution in [3.8, 4) is 0 Å². The Labute approximate surface area is 80.4 Å². The van der Waals surface area contributed by atoms with Crippen LogP contribution in [0.15, 0.2) is 0 Å². The van der Waals surface area contributed by atoms with Crippen molar-refractivity contribution >= 4 is 0 Å². The molecule has 0 aromatic carbocycles. The smallest absolute Gasteiger partial charge is 0.0594 e. The summed E-state index contributed by atoms with van der Waals surface area (Å²) < 4.78 is 5.36. The fourth-order valence-corrected chi connectivity index (χ4v) is 2.37. The first-order valence-corrected chi connectivity index (χ1v) is 5.40. The van der Waals surface area contributed by atoms with Crippen molar-refractivity contribution in [2.75, 3.05) is 39.4 Å². The molecule has 2 rings (SSSR count). The number of ether oxygens (including phenoxy) is 1. The van der Waals surface area contributed by atoms with E-state index in [9.17, 15) is 0 Å². The summed E-state index contributed by atoms with van der Waals surface area (Å²) in [6.07, 6.45) is 1.35. The summed E-state index contributed by atoms with van der Waals surface area (Å²) in [5.41, 5.74) is 0. The van der Waals surface area contributed by atoms with Crippen molar-refractivity contribution in [1.82, 2.24) is 10.2 Å². The molecule has 2 aliphatic rings. The summed E-state index contributed by atoms with van der Waals surface area (Å²) in [7, 11) is 0. The molecule has 2 heterocycles. The second-order valence-electron chi connectivity index (χ2n) is 4.14. The molecule has 0 unspecified atom stereocenters. The van der Waals surface area contributed by atoms with Gasteiger partial charge in [-0.05, 0) is 32.4 Å². The Balaban J connectivity index is 1.83. The van der Waals surface area contributed by atoms with Crippen molar-refractivity contribution in [3.05, 3.63) is 0 Å². The third-order valence-corrected chi connectivity index (χ3v) is 3.40. The van der Waals surface area contributed by atoms with Gasteiger partial charge in [0.2, 0.25) is 0 Å². The molecule has 76 valence electrons. The molecule has 0 spiro atoms. The number of nitrogens with zero attached hydrogens (tertiary/aromatic N) is 1. The summed E-state index contributed by atoms with van der Waals surface area (Å²) >= 11 is 0. The Morgan fingerprint density at radius 2 is 2.15 bits per heavy atom. The van der Waals surface area contributed by atoms with Gasteiger partial charge < -0.3 is 10.1 Å². The van der Waals surface area contributed by atoms with Gasteiger partial charge in [0.25, 0.3) is 0 Å². The molecular weight excluding hydrogens is 164 g/mol. The van der Waals surface area contributed by atoms with Crippen LogP contribution >= 0.6 is 0 Å². The average Bonchev–Trinajstić information content (AvgIpc) is 2.71. The van der Waals surface area contributed by atoms with E-state index in [1.54, 1.807) is 0 Å². The van der Waals surface area contributed by atoms with Crippen LogP contribution in [0.3, 0.4) is 0 Å². The Hall–Kier alpha value is -0.120. The molecule has 2 fully saturated rings. The largest absolute Gasteiger partial charge is 0.379 e. The first kappa shape index (κ1) is 9.44. The highest BCUT2D eigenvalue weighted by molar-refractivity contribution is 4.82. The number of hydrogen-bond donors (Lipinski definition) is 1. The van der Waals surface area contributed by atoms with Gasteiger partial charge in [0, 0.05) is 19.1 Å². The van der Waals surface area contributed by atoms with E-state index >= 15 is 0 Å². The Kier molecular flexibility index (Phi) is 3.19. The SMILES string of the molecule is C[C@H]([C@H]1CCNC1)N1CCOCC1. The van der Waals surface area contributed by atoms with Crippen molar-refractivity contribution in [2.45, 2.75) is 19.4 Å². The van der Waals surface area contributed by atoms with Crippen LogP contribution in [0.2, 0.25) is 0 Å². The van der Waals surface area contributed by atoms with Crippen LogP contribution in [-0.4, -0.2) is 50.3 Å². The first-order chi connectivity index (χ1) is 6.38. The van der Waals surface area contributed by atoms with Gasteiger partial charge in [-0.15, -0.1) is 0 Å². The number of nitrogens with one attached hydrogen (secondary N) is 1. The van der Waals surface area contributed by atoms with E-state index in [4.69, 9.17) is 4.74 Å². The van der Waals surface area contributed by atoms with Crippen molar-refractivity contribution in [2.24, 2.45) is 5.92 Å². The molecule has 0 saturated carbocycles. The molecule has 1 N–H and O–H groups in total. The Bertz CT molecular complexity index is 151. The van der Waals surface area contributed by atoms with Gasteiger partial charge in [-0.1, -0.05) is 0 Å². The van der Waals surface area contributed by atoms with E-state index in [1.165, 1.54) is 19.5 Å². The van der Waals surface area contributed by atoms with Gasteiger partial charge in [0.1, 0.15) is 0 Å². The van der Waals surface area contributed by atoms with Crippen molar-refractivity contribution in [1.29, 1.82) is 0 Å². The predicted molar refractivity (Wildman–Crippen MR) is 52.8 cm³/mol. The number of morpholine rings is 1. The van der Waals surface area contributed by atoms with Gasteiger partial charge in [0.05, 0.1) is 13.2 Å².